The molecule has 0 spiro atoms. The Bertz CT molecular complexity index is 426. The summed E-state index contributed by atoms with van der Waals surface area (Å²) in [7, 11) is 0. The quantitative estimate of drug-likeness (QED) is 0.881. The lowest BCUT2D eigenvalue weighted by atomic mass is 9.89. The van der Waals surface area contributed by atoms with E-state index in [-0.39, 0.29) is 18.3 Å². The number of nitrogens with zero attached hydrogens (tertiary/aromatic N) is 1. The maximum atomic E-state index is 11.9. The van der Waals surface area contributed by atoms with Crippen LogP contribution in [0.3, 0.4) is 0 Å². The van der Waals surface area contributed by atoms with Crippen LogP contribution in [-0.4, -0.2) is 43.5 Å². The third-order valence-corrected chi connectivity index (χ3v) is 5.07. The van der Waals surface area contributed by atoms with Crippen LogP contribution >= 0.6 is 23.7 Å². The third kappa shape index (κ3) is 3.95. The lowest BCUT2D eigenvalue weighted by molar-refractivity contribution is -0.122. The Hall–Kier alpha value is -0.620. The van der Waals surface area contributed by atoms with E-state index in [4.69, 9.17) is 0 Å². The first-order valence-corrected chi connectivity index (χ1v) is 7.91. The number of nitrogens with one attached hydrogen (secondary N) is 2. The summed E-state index contributed by atoms with van der Waals surface area (Å²) in [6.45, 7) is 5.65. The van der Waals surface area contributed by atoms with Crippen LogP contribution in [0.25, 0.3) is 0 Å². The molecule has 2 atom stereocenters. The standard InChI is InChI=1S/C14H21N3OS.ClH/c18-14(16-8-13-2-1-5-19-13)10-17-4-3-11-6-15-7-12(11)9-17;/h1-2,5,11-12,15H,3-4,6-10H2,(H,16,18);1H. The SMILES string of the molecule is Cl.O=C(CN1CCC2CNCC2C1)NCc1cccs1. The summed E-state index contributed by atoms with van der Waals surface area (Å²) in [5.41, 5.74) is 0. The first kappa shape index (κ1) is 15.8. The highest BCUT2D eigenvalue weighted by Gasteiger charge is 2.33. The molecular formula is C14H22ClN3OS. The maximum absolute atomic E-state index is 11.9. The van der Waals surface area contributed by atoms with Gasteiger partial charge >= 0.3 is 0 Å². The zero-order valence-electron chi connectivity index (χ0n) is 11.5. The lowest BCUT2D eigenvalue weighted by Gasteiger charge is -2.33. The molecule has 1 aromatic rings. The number of likely N-dealkylation sites (tertiary alicyclic amines) is 1. The first-order valence-electron chi connectivity index (χ1n) is 7.03. The van der Waals surface area contributed by atoms with Gasteiger partial charge in [-0.1, -0.05) is 6.07 Å². The molecule has 0 bridgehead atoms. The lowest BCUT2D eigenvalue weighted by Crippen LogP contribution is -2.44. The second kappa shape index (κ2) is 7.41. The van der Waals surface area contributed by atoms with Crippen LogP contribution in [0.2, 0.25) is 0 Å². The predicted molar refractivity (Wildman–Crippen MR) is 84.3 cm³/mol. The monoisotopic (exact) mass is 315 g/mol. The van der Waals surface area contributed by atoms with Crippen molar-refractivity contribution in [3.8, 4) is 0 Å². The largest absolute Gasteiger partial charge is 0.350 e. The van der Waals surface area contributed by atoms with E-state index >= 15 is 0 Å². The molecule has 2 aliphatic heterocycles. The van der Waals surface area contributed by atoms with Crippen molar-refractivity contribution in [3.63, 3.8) is 0 Å². The van der Waals surface area contributed by atoms with E-state index in [1.165, 1.54) is 17.8 Å². The van der Waals surface area contributed by atoms with Gasteiger partial charge in [0.05, 0.1) is 13.1 Å². The van der Waals surface area contributed by atoms with Crippen molar-refractivity contribution < 1.29 is 4.79 Å². The van der Waals surface area contributed by atoms with E-state index < -0.39 is 0 Å². The van der Waals surface area contributed by atoms with Crippen LogP contribution in [0.1, 0.15) is 11.3 Å². The summed E-state index contributed by atoms with van der Waals surface area (Å²) in [4.78, 5) is 15.5. The number of rotatable bonds is 4. The molecule has 0 aromatic carbocycles. The van der Waals surface area contributed by atoms with Crippen molar-refractivity contribution in [3.05, 3.63) is 22.4 Å². The van der Waals surface area contributed by atoms with Crippen molar-refractivity contribution in [2.24, 2.45) is 11.8 Å². The zero-order valence-corrected chi connectivity index (χ0v) is 13.1. The summed E-state index contributed by atoms with van der Waals surface area (Å²) in [6.07, 6.45) is 1.23. The van der Waals surface area contributed by atoms with Crippen molar-refractivity contribution in [2.45, 2.75) is 13.0 Å². The highest BCUT2D eigenvalue weighted by Crippen LogP contribution is 2.26. The molecule has 2 fully saturated rings. The zero-order chi connectivity index (χ0) is 13.1. The molecule has 6 heteroatoms. The fourth-order valence-corrected chi connectivity index (χ4v) is 3.76. The van der Waals surface area contributed by atoms with Crippen LogP contribution in [0, 0.1) is 11.8 Å². The summed E-state index contributed by atoms with van der Waals surface area (Å²) in [6, 6.07) is 4.07. The number of hydrogen-bond acceptors (Lipinski definition) is 4. The second-order valence-electron chi connectivity index (χ2n) is 5.56. The molecule has 2 saturated heterocycles. The molecule has 112 valence electrons. The number of carbonyl (C=O) groups excluding carboxylic acids is 1. The molecule has 1 amide bonds. The van der Waals surface area contributed by atoms with E-state index in [1.807, 2.05) is 11.4 Å². The van der Waals surface area contributed by atoms with Gasteiger partial charge in [0.1, 0.15) is 0 Å². The predicted octanol–water partition coefficient (Wildman–Crippen LogP) is 1.33. The molecule has 20 heavy (non-hydrogen) atoms. The summed E-state index contributed by atoms with van der Waals surface area (Å²) < 4.78 is 0. The molecule has 1 aromatic heterocycles. The van der Waals surface area contributed by atoms with Crippen molar-refractivity contribution in [2.75, 3.05) is 32.7 Å². The van der Waals surface area contributed by atoms with E-state index in [1.54, 1.807) is 11.3 Å². The van der Waals surface area contributed by atoms with E-state index in [0.29, 0.717) is 13.1 Å². The highest BCUT2D eigenvalue weighted by atomic mass is 35.5. The van der Waals surface area contributed by atoms with Gasteiger partial charge in [-0.05, 0) is 49.3 Å². The van der Waals surface area contributed by atoms with Gasteiger partial charge < -0.3 is 10.6 Å². The Morgan fingerprint density at radius 1 is 1.45 bits per heavy atom. The Labute approximate surface area is 130 Å². The summed E-state index contributed by atoms with van der Waals surface area (Å²) in [5.74, 6) is 1.74. The average Bonchev–Trinajstić information content (AvgIpc) is 3.07. The minimum atomic E-state index is 0. The van der Waals surface area contributed by atoms with Crippen LogP contribution in [0.4, 0.5) is 0 Å². The number of fused-ring (bicyclic) bond motifs is 1. The van der Waals surface area contributed by atoms with Gasteiger partial charge in [-0.2, -0.15) is 0 Å². The fourth-order valence-electron chi connectivity index (χ4n) is 3.11. The molecule has 0 radical (unpaired) electrons. The number of hydrogen-bond donors (Lipinski definition) is 2. The minimum Gasteiger partial charge on any atom is -0.350 e. The second-order valence-corrected chi connectivity index (χ2v) is 6.59. The van der Waals surface area contributed by atoms with Crippen molar-refractivity contribution in [1.82, 2.24) is 15.5 Å². The molecule has 2 unspecified atom stereocenters. The molecule has 2 N–H and O–H groups in total. The Kier molecular flexibility index (Phi) is 5.84. The van der Waals surface area contributed by atoms with Gasteiger partial charge in [0, 0.05) is 11.4 Å². The number of halogens is 1. The van der Waals surface area contributed by atoms with Crippen LogP contribution in [0.15, 0.2) is 17.5 Å². The topological polar surface area (TPSA) is 44.4 Å². The summed E-state index contributed by atoms with van der Waals surface area (Å²) in [5, 5.41) is 8.50. The molecule has 2 aliphatic rings. The Morgan fingerprint density at radius 3 is 3.10 bits per heavy atom. The molecule has 0 aliphatic carbocycles. The summed E-state index contributed by atoms with van der Waals surface area (Å²) >= 11 is 1.69. The average molecular weight is 316 g/mol. The molecule has 0 saturated carbocycles. The molecule has 4 nitrogen and oxygen atoms in total. The number of piperidine rings is 1. The fraction of sp³-hybridized carbons (Fsp3) is 0.643. The minimum absolute atomic E-state index is 0. The van der Waals surface area contributed by atoms with E-state index in [2.05, 4.69) is 21.6 Å². The van der Waals surface area contributed by atoms with Crippen LogP contribution in [-0.2, 0) is 11.3 Å². The van der Waals surface area contributed by atoms with E-state index in [0.717, 1.165) is 31.5 Å². The maximum Gasteiger partial charge on any atom is 0.234 e. The van der Waals surface area contributed by atoms with Gasteiger partial charge in [-0.3, -0.25) is 9.69 Å². The highest BCUT2D eigenvalue weighted by molar-refractivity contribution is 7.09. The molecule has 3 rings (SSSR count). The van der Waals surface area contributed by atoms with Gasteiger partial charge in [0.25, 0.3) is 0 Å². The Balaban J connectivity index is 0.00000147. The first-order chi connectivity index (χ1) is 9.31. The van der Waals surface area contributed by atoms with Gasteiger partial charge in [-0.15, -0.1) is 23.7 Å². The molecule has 3 heterocycles. The van der Waals surface area contributed by atoms with Crippen LogP contribution < -0.4 is 10.6 Å². The van der Waals surface area contributed by atoms with Crippen LogP contribution in [0.5, 0.6) is 0 Å². The number of thiophene rings is 1. The van der Waals surface area contributed by atoms with Gasteiger partial charge in [0.15, 0.2) is 0 Å². The smallest absolute Gasteiger partial charge is 0.234 e. The van der Waals surface area contributed by atoms with E-state index in [9.17, 15) is 4.79 Å². The van der Waals surface area contributed by atoms with Gasteiger partial charge in [-0.25, -0.2) is 0 Å². The molecular weight excluding hydrogens is 294 g/mol. The number of carbonyl (C=O) groups is 1. The van der Waals surface area contributed by atoms with Gasteiger partial charge in [0.2, 0.25) is 5.91 Å². The Morgan fingerprint density at radius 2 is 2.30 bits per heavy atom. The van der Waals surface area contributed by atoms with Crippen molar-refractivity contribution >= 4 is 29.7 Å². The number of amides is 1. The van der Waals surface area contributed by atoms with Crippen molar-refractivity contribution in [1.29, 1.82) is 0 Å². The third-order valence-electron chi connectivity index (χ3n) is 4.20. The normalized spacial score (nSPS) is 25.8.